The Balaban J connectivity index is 1.28. The first-order valence-electron chi connectivity index (χ1n) is 13.8. The van der Waals surface area contributed by atoms with Crippen molar-refractivity contribution in [1.82, 2.24) is 14.8 Å². The molecule has 2 aromatic rings. The van der Waals surface area contributed by atoms with Crippen molar-refractivity contribution < 1.29 is 19.4 Å². The smallest absolute Gasteiger partial charge is 0.328 e. The van der Waals surface area contributed by atoms with Gasteiger partial charge >= 0.3 is 5.97 Å². The van der Waals surface area contributed by atoms with Gasteiger partial charge in [0, 0.05) is 76.4 Å². The van der Waals surface area contributed by atoms with Gasteiger partial charge in [0.15, 0.2) is 5.82 Å². The highest BCUT2D eigenvalue weighted by atomic mass is 16.5. The number of hydrogen-bond acceptors (Lipinski definition) is 7. The zero-order valence-electron chi connectivity index (χ0n) is 22.2. The number of aliphatic carboxylic acids is 1. The molecular formula is C28H38N6O4. The van der Waals surface area contributed by atoms with Gasteiger partial charge in [0.05, 0.1) is 0 Å². The zero-order chi connectivity index (χ0) is 26.5. The van der Waals surface area contributed by atoms with Gasteiger partial charge in [0.25, 0.3) is 5.95 Å². The van der Waals surface area contributed by atoms with E-state index in [0.717, 1.165) is 45.1 Å². The fraction of sp³-hybridized carbons (Fsp3) is 0.571. The van der Waals surface area contributed by atoms with Gasteiger partial charge in [-0.2, -0.15) is 4.98 Å². The summed E-state index contributed by atoms with van der Waals surface area (Å²) in [5.74, 6) is -0.0527. The topological polar surface area (TPSA) is 104 Å². The number of piperidine rings is 1. The van der Waals surface area contributed by atoms with Crippen molar-refractivity contribution in [3.63, 3.8) is 0 Å². The Kier molecular flexibility index (Phi) is 8.26. The maximum Gasteiger partial charge on any atom is 0.328 e. The molecule has 1 amide bonds. The summed E-state index contributed by atoms with van der Waals surface area (Å²) < 4.78 is 7.00. The van der Waals surface area contributed by atoms with E-state index in [2.05, 4.69) is 44.1 Å². The number of benzene rings is 1. The van der Waals surface area contributed by atoms with E-state index in [0.29, 0.717) is 50.3 Å². The average Bonchev–Trinajstić information content (AvgIpc) is 3.61. The van der Waals surface area contributed by atoms with Gasteiger partial charge < -0.3 is 19.6 Å². The third-order valence-electron chi connectivity index (χ3n) is 7.96. The van der Waals surface area contributed by atoms with Crippen LogP contribution in [0.15, 0.2) is 30.3 Å². The van der Waals surface area contributed by atoms with Crippen molar-refractivity contribution in [2.24, 2.45) is 18.9 Å². The lowest BCUT2D eigenvalue weighted by Gasteiger charge is -2.36. The molecule has 38 heavy (non-hydrogen) atoms. The van der Waals surface area contributed by atoms with E-state index >= 15 is 0 Å². The third kappa shape index (κ3) is 6.18. The van der Waals surface area contributed by atoms with Gasteiger partial charge in [-0.3, -0.25) is 9.69 Å². The molecule has 0 unspecified atom stereocenters. The predicted molar refractivity (Wildman–Crippen MR) is 146 cm³/mol. The number of carbonyl (C=O) groups excluding carboxylic acids is 1. The summed E-state index contributed by atoms with van der Waals surface area (Å²) in [4.78, 5) is 35.8. The maximum absolute atomic E-state index is 13.7. The number of ether oxygens (including phenoxy) is 1. The number of aryl methyl sites for hydroxylation is 1. The van der Waals surface area contributed by atoms with Gasteiger partial charge in [-0.1, -0.05) is 6.07 Å². The van der Waals surface area contributed by atoms with Gasteiger partial charge in [-0.05, 0) is 68.7 Å². The van der Waals surface area contributed by atoms with Crippen molar-refractivity contribution in [2.75, 3.05) is 60.6 Å². The van der Waals surface area contributed by atoms with Crippen LogP contribution in [0.25, 0.3) is 6.08 Å². The van der Waals surface area contributed by atoms with Crippen LogP contribution < -0.4 is 14.7 Å². The van der Waals surface area contributed by atoms with Gasteiger partial charge in [0.2, 0.25) is 5.91 Å². The largest absolute Gasteiger partial charge is 0.478 e. The number of amides is 1. The highest BCUT2D eigenvalue weighted by molar-refractivity contribution is 5.93. The Morgan fingerprint density at radius 1 is 1.05 bits per heavy atom. The number of nitrogens with zero attached hydrogens (tertiary/aromatic N) is 6. The van der Waals surface area contributed by atoms with Gasteiger partial charge in [0.1, 0.15) is 0 Å². The number of carboxylic acids is 1. The molecule has 204 valence electrons. The van der Waals surface area contributed by atoms with E-state index in [-0.39, 0.29) is 11.8 Å². The molecule has 0 atom stereocenters. The van der Waals surface area contributed by atoms with Gasteiger partial charge in [-0.15, -0.1) is 5.10 Å². The van der Waals surface area contributed by atoms with E-state index < -0.39 is 5.97 Å². The first-order chi connectivity index (χ1) is 18.5. The Bertz CT molecular complexity index is 1140. The lowest BCUT2D eigenvalue weighted by molar-refractivity contribution is -0.131. The first kappa shape index (κ1) is 26.2. The lowest BCUT2D eigenvalue weighted by Crippen LogP contribution is -2.44. The van der Waals surface area contributed by atoms with E-state index in [1.807, 2.05) is 0 Å². The molecule has 10 heteroatoms. The van der Waals surface area contributed by atoms with Crippen LogP contribution in [0.5, 0.6) is 0 Å². The minimum Gasteiger partial charge on any atom is -0.478 e. The molecule has 0 radical (unpaired) electrons. The summed E-state index contributed by atoms with van der Waals surface area (Å²) in [5, 5.41) is 13.5. The normalized spacial score (nSPS) is 19.4. The Morgan fingerprint density at radius 3 is 2.37 bits per heavy atom. The Morgan fingerprint density at radius 2 is 1.71 bits per heavy atom. The van der Waals surface area contributed by atoms with Crippen LogP contribution >= 0.6 is 0 Å². The summed E-state index contributed by atoms with van der Waals surface area (Å²) in [6, 6.07) is 8.88. The molecule has 0 aliphatic carbocycles. The minimum atomic E-state index is -1.05. The van der Waals surface area contributed by atoms with Crippen LogP contribution in [0.4, 0.5) is 17.3 Å². The molecular weight excluding hydrogens is 484 g/mol. The van der Waals surface area contributed by atoms with Crippen LogP contribution in [0.3, 0.4) is 0 Å². The Hall–Kier alpha value is -3.40. The molecule has 1 aromatic heterocycles. The SMILES string of the molecule is Cn1nc(N(CC2CCN(c3cccc(N4CCCC4)c3)CC2)C(=O)C2CCOCC2)nc1/C=C/C(=O)O. The van der Waals surface area contributed by atoms with E-state index in [1.54, 1.807) is 11.9 Å². The van der Waals surface area contributed by atoms with Crippen molar-refractivity contribution in [3.8, 4) is 0 Å². The van der Waals surface area contributed by atoms with Gasteiger partial charge in [-0.25, -0.2) is 9.48 Å². The van der Waals surface area contributed by atoms with E-state index in [1.165, 1.54) is 35.0 Å². The molecule has 3 saturated heterocycles. The standard InChI is InChI=1S/C28H38N6O4/c1-31-25(7-8-26(35)36)29-28(30-31)34(27(37)22-11-17-38-18-12-22)20-21-9-15-33(16-10-21)24-6-4-5-23(19-24)32-13-2-3-14-32/h4-8,19,21-22H,2-3,9-18,20H2,1H3,(H,35,36)/b8-7+. The Labute approximate surface area is 223 Å². The van der Waals surface area contributed by atoms with Crippen molar-refractivity contribution in [1.29, 1.82) is 0 Å². The molecule has 0 saturated carbocycles. The monoisotopic (exact) mass is 522 g/mol. The quantitative estimate of drug-likeness (QED) is 0.527. The number of hydrogen-bond donors (Lipinski definition) is 1. The molecule has 0 spiro atoms. The molecule has 0 bridgehead atoms. The van der Waals surface area contributed by atoms with Crippen molar-refractivity contribution in [3.05, 3.63) is 36.2 Å². The second-order valence-electron chi connectivity index (χ2n) is 10.5. The minimum absolute atomic E-state index is 0.0356. The number of aromatic nitrogens is 3. The fourth-order valence-electron chi connectivity index (χ4n) is 5.72. The van der Waals surface area contributed by atoms with Crippen LogP contribution in [0.1, 0.15) is 44.3 Å². The summed E-state index contributed by atoms with van der Waals surface area (Å²) in [7, 11) is 1.71. The van der Waals surface area contributed by atoms with E-state index in [4.69, 9.17) is 9.84 Å². The van der Waals surface area contributed by atoms with Crippen molar-refractivity contribution >= 4 is 35.3 Å². The second kappa shape index (κ2) is 12.0. The van der Waals surface area contributed by atoms with E-state index in [9.17, 15) is 9.59 Å². The molecule has 10 nitrogen and oxygen atoms in total. The number of carboxylic acid groups (broad SMARTS) is 1. The molecule has 3 fully saturated rings. The summed E-state index contributed by atoms with van der Waals surface area (Å²) in [6.45, 7) is 5.88. The first-order valence-corrected chi connectivity index (χ1v) is 13.8. The number of carbonyl (C=O) groups is 2. The molecule has 3 aliphatic heterocycles. The summed E-state index contributed by atoms with van der Waals surface area (Å²) in [5.41, 5.74) is 2.58. The zero-order valence-corrected chi connectivity index (χ0v) is 22.2. The highest BCUT2D eigenvalue weighted by Crippen LogP contribution is 2.30. The van der Waals surface area contributed by atoms with Crippen LogP contribution in [0.2, 0.25) is 0 Å². The molecule has 4 heterocycles. The van der Waals surface area contributed by atoms with Crippen molar-refractivity contribution in [2.45, 2.75) is 38.5 Å². The average molecular weight is 523 g/mol. The summed E-state index contributed by atoms with van der Waals surface area (Å²) in [6.07, 6.45) is 8.31. The lowest BCUT2D eigenvalue weighted by atomic mass is 9.94. The van der Waals surface area contributed by atoms with Crippen LogP contribution in [-0.4, -0.2) is 77.7 Å². The van der Waals surface area contributed by atoms with Crippen LogP contribution in [-0.2, 0) is 21.4 Å². The highest BCUT2D eigenvalue weighted by Gasteiger charge is 2.32. The summed E-state index contributed by atoms with van der Waals surface area (Å²) >= 11 is 0. The fourth-order valence-corrected chi connectivity index (χ4v) is 5.72. The second-order valence-corrected chi connectivity index (χ2v) is 10.5. The number of rotatable bonds is 8. The molecule has 1 N–H and O–H groups in total. The molecule has 5 rings (SSSR count). The maximum atomic E-state index is 13.7. The van der Waals surface area contributed by atoms with Crippen LogP contribution in [0, 0.1) is 11.8 Å². The predicted octanol–water partition coefficient (Wildman–Crippen LogP) is 3.19. The molecule has 1 aromatic carbocycles. The third-order valence-corrected chi connectivity index (χ3v) is 7.96. The number of anilines is 3. The molecule has 3 aliphatic rings.